The molecule has 24 heavy (non-hydrogen) atoms. The second kappa shape index (κ2) is 7.46. The molecule has 0 fully saturated rings. The molecule has 2 rings (SSSR count). The molecule has 0 aliphatic carbocycles. The minimum atomic E-state index is -3.67. The fourth-order valence-corrected chi connectivity index (χ4v) is 3.13. The van der Waals surface area contributed by atoms with Crippen LogP contribution in [0.2, 0.25) is 0 Å². The third kappa shape index (κ3) is 5.07. The number of hydrogen-bond donors (Lipinski definition) is 2. The van der Waals surface area contributed by atoms with Gasteiger partial charge in [-0.1, -0.05) is 23.8 Å². The van der Waals surface area contributed by atoms with Gasteiger partial charge in [-0.15, -0.1) is 0 Å². The quantitative estimate of drug-likeness (QED) is 0.840. The highest BCUT2D eigenvalue weighted by molar-refractivity contribution is 7.92. The van der Waals surface area contributed by atoms with E-state index >= 15 is 0 Å². The van der Waals surface area contributed by atoms with Gasteiger partial charge >= 0.3 is 0 Å². The molecule has 2 N–H and O–H groups in total. The van der Waals surface area contributed by atoms with Crippen molar-refractivity contribution in [3.05, 3.63) is 54.1 Å². The summed E-state index contributed by atoms with van der Waals surface area (Å²) >= 11 is 0. The number of amides is 1. The number of benzene rings is 2. The van der Waals surface area contributed by atoms with Gasteiger partial charge in [-0.05, 0) is 51.4 Å². The molecule has 0 bridgehead atoms. The summed E-state index contributed by atoms with van der Waals surface area (Å²) in [5, 5.41) is 2.73. The van der Waals surface area contributed by atoms with Gasteiger partial charge in [-0.2, -0.15) is 0 Å². The van der Waals surface area contributed by atoms with Crippen molar-refractivity contribution >= 4 is 27.3 Å². The van der Waals surface area contributed by atoms with Gasteiger partial charge in [0.2, 0.25) is 5.91 Å². The number of sulfonamides is 1. The van der Waals surface area contributed by atoms with Crippen LogP contribution in [0.5, 0.6) is 0 Å². The van der Waals surface area contributed by atoms with E-state index in [1.54, 1.807) is 67.5 Å². The zero-order valence-electron chi connectivity index (χ0n) is 13.9. The molecule has 0 saturated heterocycles. The van der Waals surface area contributed by atoms with E-state index in [1.807, 2.05) is 6.92 Å². The Morgan fingerprint density at radius 3 is 2.29 bits per heavy atom. The Morgan fingerprint density at radius 1 is 1.04 bits per heavy atom. The Bertz CT molecular complexity index is 815. The first-order valence-electron chi connectivity index (χ1n) is 7.40. The van der Waals surface area contributed by atoms with Gasteiger partial charge in [-0.3, -0.25) is 9.52 Å². The molecule has 2 aromatic carbocycles. The number of hydrogen-bond acceptors (Lipinski definition) is 4. The van der Waals surface area contributed by atoms with Crippen molar-refractivity contribution in [3.63, 3.8) is 0 Å². The van der Waals surface area contributed by atoms with Crippen LogP contribution in [0.3, 0.4) is 0 Å². The molecule has 2 aromatic rings. The molecule has 0 aliphatic heterocycles. The zero-order chi connectivity index (χ0) is 17.7. The van der Waals surface area contributed by atoms with Crippen LogP contribution in [0, 0.1) is 6.92 Å². The lowest BCUT2D eigenvalue weighted by atomic mass is 10.2. The fourth-order valence-electron chi connectivity index (χ4n) is 2.08. The van der Waals surface area contributed by atoms with E-state index in [9.17, 15) is 13.2 Å². The highest BCUT2D eigenvalue weighted by Gasteiger charge is 2.14. The van der Waals surface area contributed by atoms with Gasteiger partial charge in [0.05, 0.1) is 17.1 Å². The second-order valence-corrected chi connectivity index (χ2v) is 7.47. The Morgan fingerprint density at radius 2 is 1.67 bits per heavy atom. The molecule has 0 spiro atoms. The van der Waals surface area contributed by atoms with Crippen molar-refractivity contribution in [3.8, 4) is 0 Å². The third-order valence-electron chi connectivity index (χ3n) is 3.19. The lowest BCUT2D eigenvalue weighted by Crippen LogP contribution is -2.27. The molecule has 0 heterocycles. The average molecular weight is 347 g/mol. The summed E-state index contributed by atoms with van der Waals surface area (Å²) < 4.78 is 27.3. The van der Waals surface area contributed by atoms with E-state index in [2.05, 4.69) is 10.0 Å². The van der Waals surface area contributed by atoms with Crippen LogP contribution in [0.1, 0.15) is 5.56 Å². The van der Waals surface area contributed by atoms with Crippen molar-refractivity contribution in [1.82, 2.24) is 4.90 Å². The lowest BCUT2D eigenvalue weighted by molar-refractivity contribution is -0.116. The first-order valence-corrected chi connectivity index (χ1v) is 8.89. The normalized spacial score (nSPS) is 11.3. The molecule has 0 saturated carbocycles. The molecular weight excluding hydrogens is 326 g/mol. The zero-order valence-corrected chi connectivity index (χ0v) is 14.7. The maximum Gasteiger partial charge on any atom is 0.261 e. The van der Waals surface area contributed by atoms with E-state index < -0.39 is 10.0 Å². The van der Waals surface area contributed by atoms with Crippen LogP contribution < -0.4 is 10.0 Å². The number of anilines is 2. The summed E-state index contributed by atoms with van der Waals surface area (Å²) in [6.07, 6.45) is 0. The topological polar surface area (TPSA) is 78.5 Å². The summed E-state index contributed by atoms with van der Waals surface area (Å²) in [5.74, 6) is -0.168. The SMILES string of the molecule is Cc1ccc(S(=O)(=O)Nc2cccc(NC(=O)CN(C)C)c2)cc1. The maximum absolute atomic E-state index is 12.4. The number of likely N-dealkylation sites (N-methyl/N-ethyl adjacent to an activating group) is 1. The Labute approximate surface area is 142 Å². The van der Waals surface area contributed by atoms with Gasteiger partial charge in [0, 0.05) is 5.69 Å². The third-order valence-corrected chi connectivity index (χ3v) is 4.59. The van der Waals surface area contributed by atoms with Crippen molar-refractivity contribution in [2.75, 3.05) is 30.7 Å². The largest absolute Gasteiger partial charge is 0.325 e. The predicted molar refractivity (Wildman–Crippen MR) is 95.6 cm³/mol. The predicted octanol–water partition coefficient (Wildman–Crippen LogP) is 2.30. The van der Waals surface area contributed by atoms with E-state index in [1.165, 1.54) is 0 Å². The Balaban J connectivity index is 2.14. The van der Waals surface area contributed by atoms with Crippen LogP contribution in [-0.2, 0) is 14.8 Å². The molecule has 1 amide bonds. The standard InChI is InChI=1S/C17H21N3O3S/c1-13-7-9-16(10-8-13)24(22,23)19-15-6-4-5-14(11-15)18-17(21)12-20(2)3/h4-11,19H,12H2,1-3H3,(H,18,21). The summed E-state index contributed by atoms with van der Waals surface area (Å²) in [5.41, 5.74) is 1.91. The van der Waals surface area contributed by atoms with Crippen molar-refractivity contribution < 1.29 is 13.2 Å². The van der Waals surface area contributed by atoms with Crippen molar-refractivity contribution in [2.24, 2.45) is 0 Å². The fraction of sp³-hybridized carbons (Fsp3) is 0.235. The molecule has 0 aliphatic rings. The van der Waals surface area contributed by atoms with Gasteiger partial charge in [-0.25, -0.2) is 8.42 Å². The van der Waals surface area contributed by atoms with Crippen LogP contribution >= 0.6 is 0 Å². The second-order valence-electron chi connectivity index (χ2n) is 5.79. The Kier molecular flexibility index (Phi) is 5.58. The van der Waals surface area contributed by atoms with E-state index in [0.29, 0.717) is 11.4 Å². The molecule has 0 unspecified atom stereocenters. The van der Waals surface area contributed by atoms with Crippen LogP contribution in [0.15, 0.2) is 53.4 Å². The summed E-state index contributed by atoms with van der Waals surface area (Å²) in [6.45, 7) is 2.14. The van der Waals surface area contributed by atoms with Crippen molar-refractivity contribution in [2.45, 2.75) is 11.8 Å². The maximum atomic E-state index is 12.4. The minimum Gasteiger partial charge on any atom is -0.325 e. The Hall–Kier alpha value is -2.38. The van der Waals surface area contributed by atoms with E-state index in [4.69, 9.17) is 0 Å². The lowest BCUT2D eigenvalue weighted by Gasteiger charge is -2.12. The number of carbonyl (C=O) groups excluding carboxylic acids is 1. The molecule has 0 aromatic heterocycles. The smallest absolute Gasteiger partial charge is 0.261 e. The number of rotatable bonds is 6. The molecular formula is C17H21N3O3S. The number of carbonyl (C=O) groups is 1. The summed E-state index contributed by atoms with van der Waals surface area (Å²) in [6, 6.07) is 13.2. The number of aryl methyl sites for hydroxylation is 1. The highest BCUT2D eigenvalue weighted by atomic mass is 32.2. The molecule has 0 atom stereocenters. The van der Waals surface area contributed by atoms with Crippen LogP contribution in [-0.4, -0.2) is 39.9 Å². The first kappa shape index (κ1) is 18.0. The molecule has 6 nitrogen and oxygen atoms in total. The average Bonchev–Trinajstić information content (AvgIpc) is 2.46. The van der Waals surface area contributed by atoms with Crippen LogP contribution in [0.25, 0.3) is 0 Å². The minimum absolute atomic E-state index is 0.168. The molecule has 7 heteroatoms. The van der Waals surface area contributed by atoms with Crippen molar-refractivity contribution in [1.29, 1.82) is 0 Å². The van der Waals surface area contributed by atoms with Gasteiger partial charge < -0.3 is 10.2 Å². The van der Waals surface area contributed by atoms with Gasteiger partial charge in [0.1, 0.15) is 0 Å². The highest BCUT2D eigenvalue weighted by Crippen LogP contribution is 2.19. The summed E-state index contributed by atoms with van der Waals surface area (Å²) in [4.78, 5) is 13.7. The molecule has 0 radical (unpaired) electrons. The monoisotopic (exact) mass is 347 g/mol. The number of nitrogens with one attached hydrogen (secondary N) is 2. The van der Waals surface area contributed by atoms with Gasteiger partial charge in [0.15, 0.2) is 0 Å². The van der Waals surface area contributed by atoms with Crippen LogP contribution in [0.4, 0.5) is 11.4 Å². The van der Waals surface area contributed by atoms with E-state index in [0.717, 1.165) is 5.56 Å². The van der Waals surface area contributed by atoms with Gasteiger partial charge in [0.25, 0.3) is 10.0 Å². The molecule has 128 valence electrons. The first-order chi connectivity index (χ1) is 11.3. The number of nitrogens with zero attached hydrogens (tertiary/aromatic N) is 1. The van der Waals surface area contributed by atoms with E-state index in [-0.39, 0.29) is 17.3 Å². The summed E-state index contributed by atoms with van der Waals surface area (Å²) in [7, 11) is -0.0706.